The molecule has 6 aromatic carbocycles. The number of benzene rings is 6. The van der Waals surface area contributed by atoms with E-state index in [1.807, 2.05) is 36.5 Å². The molecule has 324 valence electrons. The quantitative estimate of drug-likeness (QED) is 0.112. The van der Waals surface area contributed by atoms with Crippen molar-refractivity contribution in [2.45, 2.75) is 102 Å². The SMILES string of the molecule is [2H]C1(c2cccc(C3([2H])CCCCC3)c2-[n+]2[c-]n(-c3[c-]c(Oc4[c-]c5c(cc4)c4cc(-c6ccccc6)ccc4n5-c4cc(C(C)(C)C)ccn4)ccc3)c3ccccc32)CCCCC1.[Pt]. The summed E-state index contributed by atoms with van der Waals surface area (Å²) in [7, 11) is 0. The van der Waals surface area contributed by atoms with E-state index in [1.165, 1.54) is 11.1 Å². The van der Waals surface area contributed by atoms with Crippen molar-refractivity contribution < 1.29 is 33.1 Å². The summed E-state index contributed by atoms with van der Waals surface area (Å²) in [5.41, 5.74) is 11.1. The van der Waals surface area contributed by atoms with Crippen LogP contribution in [0.1, 0.15) is 116 Å². The van der Waals surface area contributed by atoms with Gasteiger partial charge in [0.15, 0.2) is 0 Å². The molecule has 0 atom stereocenters. The van der Waals surface area contributed by atoms with Crippen molar-refractivity contribution in [2.75, 3.05) is 0 Å². The summed E-state index contributed by atoms with van der Waals surface area (Å²) in [5, 5.41) is 2.18. The second-order valence-electron chi connectivity index (χ2n) is 18.5. The molecule has 2 aliphatic carbocycles. The first-order chi connectivity index (χ1) is 31.6. The zero-order chi connectivity index (χ0) is 44.3. The number of rotatable bonds is 8. The van der Waals surface area contributed by atoms with E-state index >= 15 is 0 Å². The average molecular weight is 1020 g/mol. The van der Waals surface area contributed by atoms with Gasteiger partial charge in [-0.3, -0.25) is 4.57 Å². The maximum Gasteiger partial charge on any atom is 0.268 e. The van der Waals surface area contributed by atoms with Crippen LogP contribution in [0.5, 0.6) is 11.5 Å². The van der Waals surface area contributed by atoms with Gasteiger partial charge >= 0.3 is 0 Å². The second-order valence-corrected chi connectivity index (χ2v) is 18.5. The van der Waals surface area contributed by atoms with Crippen molar-refractivity contribution in [3.63, 3.8) is 0 Å². The van der Waals surface area contributed by atoms with Gasteiger partial charge in [0.25, 0.3) is 6.33 Å². The number of para-hydroxylation sites is 3. The Bertz CT molecular complexity index is 3180. The first-order valence-corrected chi connectivity index (χ1v) is 22.9. The molecule has 2 fully saturated rings. The molecule has 6 heteroatoms. The molecule has 5 nitrogen and oxygen atoms in total. The molecule has 9 aromatic rings. The first-order valence-electron chi connectivity index (χ1n) is 23.9. The van der Waals surface area contributed by atoms with Gasteiger partial charge < -0.3 is 13.9 Å². The van der Waals surface area contributed by atoms with E-state index < -0.39 is 11.8 Å². The van der Waals surface area contributed by atoms with Crippen LogP contribution < -0.4 is 9.30 Å². The third kappa shape index (κ3) is 7.91. The molecular formula is C58H54N4OPt-2. The van der Waals surface area contributed by atoms with Crippen LogP contribution in [0.25, 0.3) is 61.2 Å². The zero-order valence-electron chi connectivity index (χ0n) is 38.9. The number of aromatic nitrogens is 4. The van der Waals surface area contributed by atoms with Gasteiger partial charge in [0, 0.05) is 47.0 Å². The molecule has 0 bridgehead atoms. The Labute approximate surface area is 394 Å². The van der Waals surface area contributed by atoms with Crippen LogP contribution >= 0.6 is 0 Å². The average Bonchev–Trinajstić information content (AvgIpc) is 3.87. The Hall–Kier alpha value is -5.77. The number of hydrogen-bond acceptors (Lipinski definition) is 2. The standard InChI is InChI=1S/C58H54N4O.Pt/c1-58(2,3)44-33-34-59-56(36-44)62-52-32-29-43(40-17-7-4-8-18-40)35-51(52)50-31-30-47(38-55(50)62)63-46-24-15-23-45(37-46)60-39-61(54-28-14-13-27-53(54)60)57-48(41-19-9-5-10-20-41)25-16-26-49(57)42-21-11-6-12-22-42;/h4,7-8,13-18,23-36,41-42H,5-6,9-12,19-22H2,1-3H3;/q-2;/i41D,42D;. The van der Waals surface area contributed by atoms with E-state index in [4.69, 9.17) is 9.72 Å². The fourth-order valence-electron chi connectivity index (χ4n) is 10.0. The van der Waals surface area contributed by atoms with E-state index in [2.05, 4.69) is 156 Å². The number of hydrogen-bond donors (Lipinski definition) is 0. The predicted octanol–water partition coefficient (Wildman–Crippen LogP) is 14.6. The molecule has 0 spiro atoms. The summed E-state index contributed by atoms with van der Waals surface area (Å²) in [6, 6.07) is 53.6. The molecule has 0 aliphatic heterocycles. The van der Waals surface area contributed by atoms with Crippen LogP contribution in [-0.4, -0.2) is 14.1 Å². The topological polar surface area (TPSA) is 35.9 Å². The molecule has 0 saturated heterocycles. The molecule has 64 heavy (non-hydrogen) atoms. The number of pyridine rings is 1. The van der Waals surface area contributed by atoms with E-state index in [0.29, 0.717) is 11.5 Å². The van der Waals surface area contributed by atoms with Crippen LogP contribution in [0.15, 0.2) is 140 Å². The third-order valence-electron chi connectivity index (χ3n) is 13.3. The molecule has 0 amide bonds. The third-order valence-corrected chi connectivity index (χ3v) is 13.3. The zero-order valence-corrected chi connectivity index (χ0v) is 39.1. The summed E-state index contributed by atoms with van der Waals surface area (Å²) >= 11 is 0. The summed E-state index contributed by atoms with van der Waals surface area (Å²) < 4.78 is 33.0. The molecule has 0 N–H and O–H groups in total. The Morgan fingerprint density at radius 2 is 1.33 bits per heavy atom. The van der Waals surface area contributed by atoms with Gasteiger partial charge in [-0.25, -0.2) is 4.98 Å². The molecule has 11 rings (SSSR count). The van der Waals surface area contributed by atoms with Crippen molar-refractivity contribution in [2.24, 2.45) is 0 Å². The fourth-order valence-corrected chi connectivity index (χ4v) is 10.0. The smallest absolute Gasteiger partial charge is 0.268 e. The van der Waals surface area contributed by atoms with Crippen molar-refractivity contribution in [1.29, 1.82) is 0 Å². The van der Waals surface area contributed by atoms with Gasteiger partial charge in [-0.2, -0.15) is 18.2 Å². The Balaban J connectivity index is 0.00000511. The largest absolute Gasteiger partial charge is 0.510 e. The van der Waals surface area contributed by atoms with Gasteiger partial charge in [-0.15, -0.1) is 29.7 Å². The minimum Gasteiger partial charge on any atom is -0.510 e. The van der Waals surface area contributed by atoms with Gasteiger partial charge in [0.05, 0.1) is 16.7 Å². The van der Waals surface area contributed by atoms with E-state index in [9.17, 15) is 2.74 Å². The Morgan fingerprint density at radius 1 is 0.641 bits per heavy atom. The summed E-state index contributed by atoms with van der Waals surface area (Å²) in [6.45, 7) is 6.68. The van der Waals surface area contributed by atoms with Gasteiger partial charge in [-0.05, 0) is 100.0 Å². The number of ether oxygens (including phenoxy) is 1. The number of fused-ring (bicyclic) bond motifs is 4. The van der Waals surface area contributed by atoms with Gasteiger partial charge in [0.2, 0.25) is 0 Å². The van der Waals surface area contributed by atoms with Gasteiger partial charge in [0.1, 0.15) is 5.82 Å². The minimum atomic E-state index is -0.725. The van der Waals surface area contributed by atoms with Crippen LogP contribution in [0.3, 0.4) is 0 Å². The van der Waals surface area contributed by atoms with E-state index in [-0.39, 0.29) is 26.5 Å². The van der Waals surface area contributed by atoms with E-state index in [0.717, 1.165) is 131 Å². The number of nitrogens with zero attached hydrogens (tertiary/aromatic N) is 4. The van der Waals surface area contributed by atoms with Crippen LogP contribution in [-0.2, 0) is 26.5 Å². The van der Waals surface area contributed by atoms with Crippen molar-refractivity contribution >= 4 is 32.8 Å². The minimum absolute atomic E-state index is 0. The second kappa shape index (κ2) is 17.7. The number of imidazole rings is 1. The first kappa shape index (κ1) is 39.8. The molecule has 3 heterocycles. The van der Waals surface area contributed by atoms with Crippen molar-refractivity contribution in [1.82, 2.24) is 14.1 Å². The fraction of sp³-hybridized carbons (Fsp3) is 0.276. The van der Waals surface area contributed by atoms with Gasteiger partial charge in [-0.1, -0.05) is 150 Å². The normalized spacial score (nSPS) is 16.6. The maximum atomic E-state index is 9.94. The van der Waals surface area contributed by atoms with Crippen LogP contribution in [0, 0.1) is 18.5 Å². The van der Waals surface area contributed by atoms with Crippen molar-refractivity contribution in [3.05, 3.63) is 175 Å². The van der Waals surface area contributed by atoms with Crippen LogP contribution in [0.4, 0.5) is 0 Å². The molecule has 0 unspecified atom stereocenters. The molecule has 3 aromatic heterocycles. The summed E-state index contributed by atoms with van der Waals surface area (Å²) in [5.74, 6) is 0.509. The molecular weight excluding hydrogens is 964 g/mol. The molecule has 0 radical (unpaired) electrons. The maximum absolute atomic E-state index is 9.94. The van der Waals surface area contributed by atoms with Crippen LogP contribution in [0.2, 0.25) is 0 Å². The Morgan fingerprint density at radius 3 is 2.06 bits per heavy atom. The molecule has 2 saturated carbocycles. The van der Waals surface area contributed by atoms with Crippen molar-refractivity contribution in [3.8, 4) is 39.8 Å². The monoisotopic (exact) mass is 1020 g/mol. The van der Waals surface area contributed by atoms with E-state index in [1.54, 1.807) is 0 Å². The summed E-state index contributed by atoms with van der Waals surface area (Å²) in [6.07, 6.45) is 15.4. The molecule has 2 aliphatic rings. The predicted molar refractivity (Wildman–Crippen MR) is 256 cm³/mol. The summed E-state index contributed by atoms with van der Waals surface area (Å²) in [4.78, 5) is 4.92. The Kier molecular flexibility index (Phi) is 11.0.